The molecule has 2 nitrogen and oxygen atoms in total. The average Bonchev–Trinajstić information content (AvgIpc) is 2.41. The Balaban J connectivity index is 1.64. The summed E-state index contributed by atoms with van der Waals surface area (Å²) >= 11 is 3.53. The van der Waals surface area contributed by atoms with E-state index in [4.69, 9.17) is 0 Å². The number of nitrogens with one attached hydrogen (secondary N) is 1. The van der Waals surface area contributed by atoms with Gasteiger partial charge in [-0.1, -0.05) is 35.0 Å². The van der Waals surface area contributed by atoms with Crippen LogP contribution in [-0.2, 0) is 6.54 Å². The molecule has 1 aromatic rings. The lowest BCUT2D eigenvalue weighted by atomic mass is 9.87. The van der Waals surface area contributed by atoms with Crippen molar-refractivity contribution in [1.29, 1.82) is 0 Å². The third-order valence-electron chi connectivity index (χ3n) is 4.28. The van der Waals surface area contributed by atoms with Crippen molar-refractivity contribution in [3.63, 3.8) is 0 Å². The Bertz CT molecular complexity index is 400. The number of rotatable bonds is 6. The van der Waals surface area contributed by atoms with Gasteiger partial charge in [-0.2, -0.15) is 0 Å². The van der Waals surface area contributed by atoms with E-state index < -0.39 is 0 Å². The molecular formula is C17H27BrN2. The lowest BCUT2D eigenvalue weighted by Crippen LogP contribution is -2.37. The highest BCUT2D eigenvalue weighted by molar-refractivity contribution is 9.10. The van der Waals surface area contributed by atoms with Crippen molar-refractivity contribution in [2.24, 2.45) is 5.92 Å². The van der Waals surface area contributed by atoms with Gasteiger partial charge in [-0.3, -0.25) is 0 Å². The third kappa shape index (κ3) is 5.55. The van der Waals surface area contributed by atoms with Gasteiger partial charge in [0.25, 0.3) is 0 Å². The van der Waals surface area contributed by atoms with E-state index >= 15 is 0 Å². The van der Waals surface area contributed by atoms with Crippen LogP contribution in [0.25, 0.3) is 0 Å². The predicted molar refractivity (Wildman–Crippen MR) is 89.9 cm³/mol. The molecule has 1 aliphatic rings. The zero-order valence-electron chi connectivity index (χ0n) is 12.7. The van der Waals surface area contributed by atoms with Crippen LogP contribution in [0.2, 0.25) is 0 Å². The van der Waals surface area contributed by atoms with Crippen molar-refractivity contribution < 1.29 is 0 Å². The number of likely N-dealkylation sites (N-methyl/N-ethyl adjacent to an activating group) is 1. The molecule has 2 rings (SSSR count). The summed E-state index contributed by atoms with van der Waals surface area (Å²) in [6, 6.07) is 9.33. The molecule has 0 unspecified atom stereocenters. The summed E-state index contributed by atoms with van der Waals surface area (Å²) in [6.45, 7) is 5.60. The van der Waals surface area contributed by atoms with Crippen molar-refractivity contribution in [1.82, 2.24) is 10.2 Å². The van der Waals surface area contributed by atoms with Gasteiger partial charge in [0.15, 0.2) is 0 Å². The largest absolute Gasteiger partial charge is 0.313 e. The molecule has 0 saturated heterocycles. The highest BCUT2D eigenvalue weighted by Crippen LogP contribution is 2.23. The van der Waals surface area contributed by atoms with Gasteiger partial charge in [-0.25, -0.2) is 0 Å². The van der Waals surface area contributed by atoms with E-state index in [9.17, 15) is 0 Å². The Morgan fingerprint density at radius 1 is 1.25 bits per heavy atom. The lowest BCUT2D eigenvalue weighted by molar-refractivity contribution is 0.279. The zero-order chi connectivity index (χ0) is 14.4. The summed E-state index contributed by atoms with van der Waals surface area (Å²) in [5.41, 5.74) is 1.37. The zero-order valence-corrected chi connectivity index (χ0v) is 14.3. The molecule has 0 aromatic heterocycles. The van der Waals surface area contributed by atoms with Crippen LogP contribution in [0.3, 0.4) is 0 Å². The number of hydrogen-bond donors (Lipinski definition) is 1. The van der Waals surface area contributed by atoms with Crippen molar-refractivity contribution in [2.45, 2.75) is 45.2 Å². The monoisotopic (exact) mass is 338 g/mol. The molecule has 0 radical (unpaired) electrons. The van der Waals surface area contributed by atoms with Gasteiger partial charge in [0, 0.05) is 30.1 Å². The molecule has 0 atom stereocenters. The first kappa shape index (κ1) is 16.0. The highest BCUT2D eigenvalue weighted by Gasteiger charge is 2.17. The first-order valence-corrected chi connectivity index (χ1v) is 8.59. The second-order valence-corrected chi connectivity index (χ2v) is 7.19. The summed E-state index contributed by atoms with van der Waals surface area (Å²) in [7, 11) is 2.20. The number of hydrogen-bond acceptors (Lipinski definition) is 2. The minimum Gasteiger partial charge on any atom is -0.313 e. The Morgan fingerprint density at radius 2 is 2.00 bits per heavy atom. The van der Waals surface area contributed by atoms with Gasteiger partial charge in [0.05, 0.1) is 0 Å². The van der Waals surface area contributed by atoms with E-state index in [2.05, 4.69) is 64.4 Å². The Morgan fingerprint density at radius 3 is 2.70 bits per heavy atom. The maximum absolute atomic E-state index is 3.72. The molecule has 0 bridgehead atoms. The molecule has 1 fully saturated rings. The molecule has 1 aromatic carbocycles. The van der Waals surface area contributed by atoms with E-state index in [1.54, 1.807) is 0 Å². The maximum Gasteiger partial charge on any atom is 0.0231 e. The summed E-state index contributed by atoms with van der Waals surface area (Å²) in [5.74, 6) is 0.937. The fraction of sp³-hybridized carbons (Fsp3) is 0.647. The van der Waals surface area contributed by atoms with Crippen LogP contribution in [-0.4, -0.2) is 31.1 Å². The maximum atomic E-state index is 3.72. The van der Waals surface area contributed by atoms with E-state index in [0.29, 0.717) is 0 Å². The molecule has 0 spiro atoms. The van der Waals surface area contributed by atoms with Crippen molar-refractivity contribution >= 4 is 15.9 Å². The topological polar surface area (TPSA) is 15.3 Å². The number of nitrogens with zero attached hydrogens (tertiary/aromatic N) is 1. The SMILES string of the molecule is CC1CCC(NCCN(C)Cc2cccc(Br)c2)CC1. The summed E-state index contributed by atoms with van der Waals surface area (Å²) in [4.78, 5) is 2.39. The second kappa shape index (κ2) is 8.16. The van der Waals surface area contributed by atoms with Crippen LogP contribution < -0.4 is 5.32 Å². The van der Waals surface area contributed by atoms with E-state index in [1.165, 1.54) is 31.2 Å². The molecule has 1 N–H and O–H groups in total. The van der Waals surface area contributed by atoms with Crippen LogP contribution in [0.15, 0.2) is 28.7 Å². The average molecular weight is 339 g/mol. The van der Waals surface area contributed by atoms with Gasteiger partial charge < -0.3 is 10.2 Å². The molecule has 20 heavy (non-hydrogen) atoms. The fourth-order valence-corrected chi connectivity index (χ4v) is 3.40. The predicted octanol–water partition coefficient (Wildman–Crippen LogP) is 4.05. The van der Waals surface area contributed by atoms with Gasteiger partial charge >= 0.3 is 0 Å². The Kier molecular flexibility index (Phi) is 6.53. The van der Waals surface area contributed by atoms with Gasteiger partial charge in [0.2, 0.25) is 0 Å². The first-order valence-electron chi connectivity index (χ1n) is 7.80. The molecule has 0 aliphatic heterocycles. The van der Waals surface area contributed by atoms with Crippen LogP contribution in [0.5, 0.6) is 0 Å². The van der Waals surface area contributed by atoms with Crippen LogP contribution in [0.4, 0.5) is 0 Å². The minimum atomic E-state index is 0.755. The summed E-state index contributed by atoms with van der Waals surface area (Å²) in [5, 5.41) is 3.72. The van der Waals surface area contributed by atoms with Crippen molar-refractivity contribution in [3.8, 4) is 0 Å². The summed E-state index contributed by atoms with van der Waals surface area (Å²) in [6.07, 6.45) is 5.50. The minimum absolute atomic E-state index is 0.755. The fourth-order valence-electron chi connectivity index (χ4n) is 2.95. The third-order valence-corrected chi connectivity index (χ3v) is 4.78. The standard InChI is InChI=1S/C17H27BrN2/c1-14-6-8-17(9-7-14)19-10-11-20(2)13-15-4-3-5-16(18)12-15/h3-5,12,14,17,19H,6-11,13H2,1-2H3. The van der Waals surface area contributed by atoms with Crippen LogP contribution in [0.1, 0.15) is 38.2 Å². The van der Waals surface area contributed by atoms with E-state index in [-0.39, 0.29) is 0 Å². The molecule has 1 aliphatic carbocycles. The molecule has 112 valence electrons. The number of halogens is 1. The summed E-state index contributed by atoms with van der Waals surface area (Å²) < 4.78 is 1.16. The Hall–Kier alpha value is -0.380. The normalized spacial score (nSPS) is 23.2. The number of benzene rings is 1. The molecular weight excluding hydrogens is 312 g/mol. The van der Waals surface area contributed by atoms with Gasteiger partial charge in [-0.05, 0) is 56.3 Å². The molecule has 0 amide bonds. The quantitative estimate of drug-likeness (QED) is 0.841. The van der Waals surface area contributed by atoms with E-state index in [0.717, 1.165) is 36.1 Å². The lowest BCUT2D eigenvalue weighted by Gasteiger charge is -2.28. The smallest absolute Gasteiger partial charge is 0.0231 e. The second-order valence-electron chi connectivity index (χ2n) is 6.28. The Labute approximate surface area is 132 Å². The molecule has 1 saturated carbocycles. The van der Waals surface area contributed by atoms with Crippen LogP contribution >= 0.6 is 15.9 Å². The van der Waals surface area contributed by atoms with Crippen molar-refractivity contribution in [3.05, 3.63) is 34.3 Å². The van der Waals surface area contributed by atoms with Gasteiger partial charge in [0.1, 0.15) is 0 Å². The van der Waals surface area contributed by atoms with E-state index in [1.807, 2.05) is 0 Å². The van der Waals surface area contributed by atoms with Gasteiger partial charge in [-0.15, -0.1) is 0 Å². The molecule has 0 heterocycles. The highest BCUT2D eigenvalue weighted by atomic mass is 79.9. The molecule has 3 heteroatoms. The first-order chi connectivity index (χ1) is 9.63. The van der Waals surface area contributed by atoms with Crippen LogP contribution in [0, 0.1) is 5.92 Å². The van der Waals surface area contributed by atoms with Crippen molar-refractivity contribution in [2.75, 3.05) is 20.1 Å².